The molecule has 1 N–H and O–H groups in total. The maximum atomic E-state index is 6.62. The summed E-state index contributed by atoms with van der Waals surface area (Å²) in [5.74, 6) is 0.915. The molecule has 0 saturated heterocycles. The second-order valence-electron chi connectivity index (χ2n) is 8.14. The second-order valence-corrected chi connectivity index (χ2v) is 8.14. The molecule has 2 heteroatoms. The van der Waals surface area contributed by atoms with Crippen LogP contribution in [0.4, 0.5) is 0 Å². The molecule has 20 heavy (non-hydrogen) atoms. The van der Waals surface area contributed by atoms with Crippen molar-refractivity contribution in [3.05, 3.63) is 0 Å². The van der Waals surface area contributed by atoms with Crippen LogP contribution in [0.2, 0.25) is 0 Å². The van der Waals surface area contributed by atoms with E-state index in [1.807, 2.05) is 0 Å². The Balaban J connectivity index is 1.78. The Labute approximate surface area is 126 Å². The van der Waals surface area contributed by atoms with Gasteiger partial charge in [0.05, 0.1) is 11.7 Å². The van der Waals surface area contributed by atoms with E-state index in [1.165, 1.54) is 57.8 Å². The lowest BCUT2D eigenvalue weighted by Crippen LogP contribution is -2.48. The van der Waals surface area contributed by atoms with E-state index in [0.29, 0.717) is 6.10 Å². The highest BCUT2D eigenvalue weighted by Crippen LogP contribution is 2.42. The van der Waals surface area contributed by atoms with Gasteiger partial charge in [-0.05, 0) is 71.8 Å². The zero-order chi connectivity index (χ0) is 14.6. The first-order chi connectivity index (χ1) is 9.42. The zero-order valence-electron chi connectivity index (χ0n) is 14.1. The summed E-state index contributed by atoms with van der Waals surface area (Å²) in [4.78, 5) is 0. The van der Waals surface area contributed by atoms with Gasteiger partial charge in [-0.1, -0.05) is 26.2 Å². The highest BCUT2D eigenvalue weighted by molar-refractivity contribution is 4.92. The first-order valence-electron chi connectivity index (χ1n) is 8.85. The summed E-state index contributed by atoms with van der Waals surface area (Å²) in [5, 5.41) is 3.62. The van der Waals surface area contributed by atoms with Crippen molar-refractivity contribution in [3.63, 3.8) is 0 Å². The van der Waals surface area contributed by atoms with Gasteiger partial charge < -0.3 is 10.1 Å². The molecule has 2 unspecified atom stereocenters. The van der Waals surface area contributed by atoms with Crippen molar-refractivity contribution in [2.45, 2.75) is 103 Å². The lowest BCUT2D eigenvalue weighted by atomic mass is 9.76. The van der Waals surface area contributed by atoms with Crippen LogP contribution in [0, 0.1) is 5.92 Å². The smallest absolute Gasteiger partial charge is 0.0698 e. The van der Waals surface area contributed by atoms with Gasteiger partial charge in [0.15, 0.2) is 0 Å². The Hall–Kier alpha value is -0.0800. The molecular formula is C18H35NO. The molecule has 118 valence electrons. The Bertz CT molecular complexity index is 290. The lowest BCUT2D eigenvalue weighted by molar-refractivity contribution is -0.156. The van der Waals surface area contributed by atoms with Crippen LogP contribution in [-0.2, 0) is 4.74 Å². The molecule has 0 amide bonds. The minimum absolute atomic E-state index is 0.221. The largest absolute Gasteiger partial charge is 0.372 e. The maximum absolute atomic E-state index is 6.62. The molecule has 2 rings (SSSR count). The van der Waals surface area contributed by atoms with E-state index < -0.39 is 0 Å². The SMILES string of the molecule is CCC1CCCC(OC2(CCNC(C)(C)C)CCC2)C1. The van der Waals surface area contributed by atoms with Crippen LogP contribution in [0.3, 0.4) is 0 Å². The molecule has 0 aliphatic heterocycles. The summed E-state index contributed by atoms with van der Waals surface area (Å²) in [7, 11) is 0. The molecule has 0 heterocycles. The van der Waals surface area contributed by atoms with Crippen LogP contribution in [0.1, 0.15) is 85.5 Å². The van der Waals surface area contributed by atoms with Crippen LogP contribution in [0.25, 0.3) is 0 Å². The molecular weight excluding hydrogens is 246 g/mol. The Kier molecular flexibility index (Phi) is 5.53. The minimum atomic E-state index is 0.221. The van der Waals surface area contributed by atoms with Gasteiger partial charge in [-0.2, -0.15) is 0 Å². The molecule has 0 radical (unpaired) electrons. The zero-order valence-corrected chi connectivity index (χ0v) is 14.1. The van der Waals surface area contributed by atoms with Crippen molar-refractivity contribution >= 4 is 0 Å². The van der Waals surface area contributed by atoms with E-state index in [2.05, 4.69) is 33.0 Å². The van der Waals surface area contributed by atoms with Gasteiger partial charge >= 0.3 is 0 Å². The molecule has 2 saturated carbocycles. The monoisotopic (exact) mass is 281 g/mol. The van der Waals surface area contributed by atoms with Crippen LogP contribution < -0.4 is 5.32 Å². The molecule has 2 aliphatic rings. The summed E-state index contributed by atoms with van der Waals surface area (Å²) in [6, 6.07) is 0. The molecule has 2 aliphatic carbocycles. The predicted molar refractivity (Wildman–Crippen MR) is 86.1 cm³/mol. The highest BCUT2D eigenvalue weighted by Gasteiger charge is 2.40. The Morgan fingerprint density at radius 2 is 1.90 bits per heavy atom. The van der Waals surface area contributed by atoms with Gasteiger partial charge in [-0.15, -0.1) is 0 Å². The highest BCUT2D eigenvalue weighted by atomic mass is 16.5. The normalized spacial score (nSPS) is 30.0. The molecule has 2 nitrogen and oxygen atoms in total. The Morgan fingerprint density at radius 3 is 2.45 bits per heavy atom. The van der Waals surface area contributed by atoms with E-state index in [0.717, 1.165) is 12.5 Å². The van der Waals surface area contributed by atoms with E-state index >= 15 is 0 Å². The maximum Gasteiger partial charge on any atom is 0.0698 e. The molecule has 0 aromatic carbocycles. The fourth-order valence-corrected chi connectivity index (χ4v) is 3.74. The van der Waals surface area contributed by atoms with Gasteiger partial charge in [0.1, 0.15) is 0 Å². The first kappa shape index (κ1) is 16.3. The van der Waals surface area contributed by atoms with Crippen molar-refractivity contribution in [1.82, 2.24) is 5.32 Å². The van der Waals surface area contributed by atoms with Crippen LogP contribution >= 0.6 is 0 Å². The molecule has 0 bridgehead atoms. The Morgan fingerprint density at radius 1 is 1.15 bits per heavy atom. The fourth-order valence-electron chi connectivity index (χ4n) is 3.74. The van der Waals surface area contributed by atoms with Gasteiger partial charge in [-0.3, -0.25) is 0 Å². The van der Waals surface area contributed by atoms with Gasteiger partial charge in [0.25, 0.3) is 0 Å². The average Bonchev–Trinajstić information content (AvgIpc) is 2.34. The number of rotatable bonds is 6. The molecule has 0 aromatic rings. The van der Waals surface area contributed by atoms with Crippen molar-refractivity contribution in [3.8, 4) is 0 Å². The minimum Gasteiger partial charge on any atom is -0.372 e. The molecule has 0 aromatic heterocycles. The third-order valence-corrected chi connectivity index (χ3v) is 5.23. The number of hydrogen-bond donors (Lipinski definition) is 1. The molecule has 2 fully saturated rings. The predicted octanol–water partition coefficient (Wildman–Crippen LogP) is 4.67. The number of ether oxygens (including phenoxy) is 1. The topological polar surface area (TPSA) is 21.3 Å². The van der Waals surface area contributed by atoms with Crippen LogP contribution in [0.5, 0.6) is 0 Å². The second kappa shape index (κ2) is 6.79. The van der Waals surface area contributed by atoms with E-state index in [9.17, 15) is 0 Å². The first-order valence-corrected chi connectivity index (χ1v) is 8.85. The number of hydrogen-bond acceptors (Lipinski definition) is 2. The van der Waals surface area contributed by atoms with Crippen LogP contribution in [0.15, 0.2) is 0 Å². The lowest BCUT2D eigenvalue weighted by Gasteiger charge is -2.46. The quantitative estimate of drug-likeness (QED) is 0.763. The fraction of sp³-hybridized carbons (Fsp3) is 1.00. The van der Waals surface area contributed by atoms with Crippen molar-refractivity contribution in [1.29, 1.82) is 0 Å². The van der Waals surface area contributed by atoms with Crippen molar-refractivity contribution in [2.24, 2.45) is 5.92 Å². The van der Waals surface area contributed by atoms with Gasteiger partial charge in [0, 0.05) is 5.54 Å². The molecule has 0 spiro atoms. The van der Waals surface area contributed by atoms with Crippen molar-refractivity contribution < 1.29 is 4.74 Å². The van der Waals surface area contributed by atoms with E-state index in [4.69, 9.17) is 4.74 Å². The summed E-state index contributed by atoms with van der Waals surface area (Å²) >= 11 is 0. The summed E-state index contributed by atoms with van der Waals surface area (Å²) in [6.07, 6.45) is 12.4. The van der Waals surface area contributed by atoms with E-state index in [1.54, 1.807) is 0 Å². The third-order valence-electron chi connectivity index (χ3n) is 5.23. The summed E-state index contributed by atoms with van der Waals surface area (Å²) in [5.41, 5.74) is 0.446. The summed E-state index contributed by atoms with van der Waals surface area (Å²) < 4.78 is 6.62. The van der Waals surface area contributed by atoms with Crippen molar-refractivity contribution in [2.75, 3.05) is 6.54 Å². The van der Waals surface area contributed by atoms with Gasteiger partial charge in [-0.25, -0.2) is 0 Å². The van der Waals surface area contributed by atoms with Crippen LogP contribution in [-0.4, -0.2) is 23.8 Å². The van der Waals surface area contributed by atoms with E-state index in [-0.39, 0.29) is 11.1 Å². The average molecular weight is 281 g/mol. The number of nitrogens with one attached hydrogen (secondary N) is 1. The standard InChI is InChI=1S/C18H35NO/c1-5-15-8-6-9-16(14-15)20-18(10-7-11-18)12-13-19-17(2,3)4/h15-16,19H,5-14H2,1-4H3. The van der Waals surface area contributed by atoms with Gasteiger partial charge in [0.2, 0.25) is 0 Å². The third kappa shape index (κ3) is 4.73. The summed E-state index contributed by atoms with van der Waals surface area (Å²) in [6.45, 7) is 10.2. The molecule has 2 atom stereocenters.